The fraction of sp³-hybridized carbons (Fsp3) is 0.294. The SMILES string of the molecule is CC(C)(C)c1ccc(C(N)c2ccc(F)c(Cl)c2)cc1. The van der Waals surface area contributed by atoms with E-state index in [9.17, 15) is 4.39 Å². The zero-order chi connectivity index (χ0) is 14.9. The first kappa shape index (κ1) is 15.0. The van der Waals surface area contributed by atoms with Crippen LogP contribution >= 0.6 is 11.6 Å². The van der Waals surface area contributed by atoms with Gasteiger partial charge in [0.2, 0.25) is 0 Å². The fourth-order valence-electron chi connectivity index (χ4n) is 2.09. The Bertz CT molecular complexity index is 599. The van der Waals surface area contributed by atoms with Crippen LogP contribution in [0.15, 0.2) is 42.5 Å². The molecule has 1 nitrogen and oxygen atoms in total. The first-order chi connectivity index (χ1) is 9.29. The number of hydrogen-bond acceptors (Lipinski definition) is 1. The van der Waals surface area contributed by atoms with Crippen molar-refractivity contribution in [3.8, 4) is 0 Å². The van der Waals surface area contributed by atoms with E-state index >= 15 is 0 Å². The topological polar surface area (TPSA) is 26.0 Å². The van der Waals surface area contributed by atoms with Gasteiger partial charge in [-0.1, -0.05) is 62.7 Å². The Morgan fingerprint density at radius 2 is 1.55 bits per heavy atom. The highest BCUT2D eigenvalue weighted by molar-refractivity contribution is 6.30. The van der Waals surface area contributed by atoms with E-state index in [4.69, 9.17) is 17.3 Å². The number of hydrogen-bond donors (Lipinski definition) is 1. The van der Waals surface area contributed by atoms with Crippen LogP contribution in [0.25, 0.3) is 0 Å². The van der Waals surface area contributed by atoms with Crippen molar-refractivity contribution < 1.29 is 4.39 Å². The molecule has 0 aromatic heterocycles. The summed E-state index contributed by atoms with van der Waals surface area (Å²) in [5, 5.41) is 0.101. The number of halogens is 2. The molecule has 0 bridgehead atoms. The van der Waals surface area contributed by atoms with Gasteiger partial charge in [-0.15, -0.1) is 0 Å². The minimum Gasteiger partial charge on any atom is -0.320 e. The van der Waals surface area contributed by atoms with Crippen molar-refractivity contribution in [1.29, 1.82) is 0 Å². The van der Waals surface area contributed by atoms with Gasteiger partial charge in [0.15, 0.2) is 0 Å². The quantitative estimate of drug-likeness (QED) is 0.843. The van der Waals surface area contributed by atoms with E-state index in [-0.39, 0.29) is 16.5 Å². The molecule has 106 valence electrons. The van der Waals surface area contributed by atoms with E-state index < -0.39 is 5.82 Å². The van der Waals surface area contributed by atoms with Gasteiger partial charge in [-0.05, 0) is 34.2 Å². The summed E-state index contributed by atoms with van der Waals surface area (Å²) < 4.78 is 13.2. The van der Waals surface area contributed by atoms with E-state index in [1.54, 1.807) is 12.1 Å². The lowest BCUT2D eigenvalue weighted by atomic mass is 9.86. The summed E-state index contributed by atoms with van der Waals surface area (Å²) in [5.41, 5.74) is 9.37. The molecule has 2 rings (SSSR count). The zero-order valence-corrected chi connectivity index (χ0v) is 12.7. The van der Waals surface area contributed by atoms with Crippen LogP contribution in [0.5, 0.6) is 0 Å². The molecule has 0 fully saturated rings. The summed E-state index contributed by atoms with van der Waals surface area (Å²) in [6.45, 7) is 6.51. The van der Waals surface area contributed by atoms with Crippen molar-refractivity contribution in [3.05, 3.63) is 70.0 Å². The van der Waals surface area contributed by atoms with Gasteiger partial charge in [0.05, 0.1) is 11.1 Å². The molecule has 20 heavy (non-hydrogen) atoms. The van der Waals surface area contributed by atoms with Crippen LogP contribution < -0.4 is 5.73 Å². The fourth-order valence-corrected chi connectivity index (χ4v) is 2.28. The molecule has 0 saturated heterocycles. The molecule has 0 spiro atoms. The minimum atomic E-state index is -0.425. The lowest BCUT2D eigenvalue weighted by Gasteiger charge is -2.20. The largest absolute Gasteiger partial charge is 0.320 e. The lowest BCUT2D eigenvalue weighted by Crippen LogP contribution is -2.14. The Labute approximate surface area is 124 Å². The molecule has 0 saturated carbocycles. The van der Waals surface area contributed by atoms with Crippen LogP contribution in [0.3, 0.4) is 0 Å². The van der Waals surface area contributed by atoms with E-state index in [1.165, 1.54) is 11.6 Å². The predicted molar refractivity (Wildman–Crippen MR) is 82.6 cm³/mol. The van der Waals surface area contributed by atoms with Crippen molar-refractivity contribution >= 4 is 11.6 Å². The maximum atomic E-state index is 13.2. The highest BCUT2D eigenvalue weighted by Crippen LogP contribution is 2.27. The summed E-state index contributed by atoms with van der Waals surface area (Å²) >= 11 is 5.80. The number of rotatable bonds is 2. The minimum absolute atomic E-state index is 0.101. The molecule has 0 amide bonds. The second kappa shape index (κ2) is 5.55. The maximum absolute atomic E-state index is 13.2. The van der Waals surface area contributed by atoms with E-state index in [0.717, 1.165) is 11.1 Å². The summed E-state index contributed by atoms with van der Waals surface area (Å²) in [4.78, 5) is 0. The highest BCUT2D eigenvalue weighted by atomic mass is 35.5. The number of benzene rings is 2. The second-order valence-electron chi connectivity index (χ2n) is 6.02. The van der Waals surface area contributed by atoms with Crippen LogP contribution in [0.1, 0.15) is 43.5 Å². The summed E-state index contributed by atoms with van der Waals surface area (Å²) in [5.74, 6) is -0.425. The summed E-state index contributed by atoms with van der Waals surface area (Å²) in [7, 11) is 0. The van der Waals surface area contributed by atoms with E-state index in [1.807, 2.05) is 12.1 Å². The molecule has 1 unspecified atom stereocenters. The van der Waals surface area contributed by atoms with Gasteiger partial charge in [0.1, 0.15) is 5.82 Å². The average Bonchev–Trinajstić information content (AvgIpc) is 2.40. The van der Waals surface area contributed by atoms with Gasteiger partial charge in [0, 0.05) is 0 Å². The van der Waals surface area contributed by atoms with Crippen molar-refractivity contribution in [2.45, 2.75) is 32.2 Å². The molecule has 2 aromatic rings. The molecular formula is C17H19ClFN. The number of nitrogens with two attached hydrogens (primary N) is 1. The summed E-state index contributed by atoms with van der Waals surface area (Å²) in [6.07, 6.45) is 0. The van der Waals surface area contributed by atoms with Gasteiger partial charge in [-0.25, -0.2) is 4.39 Å². The van der Waals surface area contributed by atoms with Crippen LogP contribution in [0.2, 0.25) is 5.02 Å². The lowest BCUT2D eigenvalue weighted by molar-refractivity contribution is 0.589. The van der Waals surface area contributed by atoms with Crippen molar-refractivity contribution in [2.75, 3.05) is 0 Å². The van der Waals surface area contributed by atoms with E-state index in [2.05, 4.69) is 32.9 Å². The molecular weight excluding hydrogens is 273 g/mol. The first-order valence-electron chi connectivity index (χ1n) is 6.60. The Morgan fingerprint density at radius 3 is 2.05 bits per heavy atom. The van der Waals surface area contributed by atoms with Gasteiger partial charge in [0.25, 0.3) is 0 Å². The molecule has 2 N–H and O–H groups in total. The Kier molecular flexibility index (Phi) is 4.17. The van der Waals surface area contributed by atoms with Crippen molar-refractivity contribution in [3.63, 3.8) is 0 Å². The third-order valence-corrected chi connectivity index (χ3v) is 3.73. The van der Waals surface area contributed by atoms with Gasteiger partial charge in [-0.3, -0.25) is 0 Å². The molecule has 0 radical (unpaired) electrons. The van der Waals surface area contributed by atoms with Crippen molar-refractivity contribution in [2.24, 2.45) is 5.73 Å². The molecule has 1 atom stereocenters. The molecule has 0 heterocycles. The van der Waals surface area contributed by atoms with Crippen LogP contribution in [0.4, 0.5) is 4.39 Å². The van der Waals surface area contributed by atoms with Gasteiger partial charge >= 0.3 is 0 Å². The van der Waals surface area contributed by atoms with Crippen LogP contribution in [-0.2, 0) is 5.41 Å². The molecule has 0 aliphatic rings. The zero-order valence-electron chi connectivity index (χ0n) is 12.0. The molecule has 0 aliphatic carbocycles. The normalized spacial score (nSPS) is 13.3. The van der Waals surface area contributed by atoms with Crippen LogP contribution in [0, 0.1) is 5.82 Å². The second-order valence-corrected chi connectivity index (χ2v) is 6.43. The Morgan fingerprint density at radius 1 is 1.00 bits per heavy atom. The molecule has 0 aliphatic heterocycles. The predicted octanol–water partition coefficient (Wildman–Crippen LogP) is 4.82. The smallest absolute Gasteiger partial charge is 0.141 e. The van der Waals surface area contributed by atoms with Crippen molar-refractivity contribution in [1.82, 2.24) is 0 Å². The van der Waals surface area contributed by atoms with Gasteiger partial charge < -0.3 is 5.73 Å². The highest BCUT2D eigenvalue weighted by Gasteiger charge is 2.15. The third-order valence-electron chi connectivity index (χ3n) is 3.44. The monoisotopic (exact) mass is 291 g/mol. The van der Waals surface area contributed by atoms with Gasteiger partial charge in [-0.2, -0.15) is 0 Å². The third kappa shape index (κ3) is 3.20. The Hall–Kier alpha value is -1.38. The summed E-state index contributed by atoms with van der Waals surface area (Å²) in [6, 6.07) is 12.5. The maximum Gasteiger partial charge on any atom is 0.141 e. The van der Waals surface area contributed by atoms with Crippen LogP contribution in [-0.4, -0.2) is 0 Å². The Balaban J connectivity index is 2.29. The standard InChI is InChI=1S/C17H19ClFN/c1-17(2,3)13-7-4-11(5-8-13)16(20)12-6-9-15(19)14(18)10-12/h4-10,16H,20H2,1-3H3. The van der Waals surface area contributed by atoms with E-state index in [0.29, 0.717) is 0 Å². The molecule has 2 aromatic carbocycles. The molecule has 3 heteroatoms. The average molecular weight is 292 g/mol. The first-order valence-corrected chi connectivity index (χ1v) is 6.98.